The number of carbonyl (C=O) groups is 1. The van der Waals surface area contributed by atoms with Crippen LogP contribution in [0.15, 0.2) is 21.8 Å². The van der Waals surface area contributed by atoms with Crippen molar-refractivity contribution in [3.8, 4) is 0 Å². The van der Waals surface area contributed by atoms with Crippen LogP contribution in [0.25, 0.3) is 0 Å². The van der Waals surface area contributed by atoms with E-state index in [1.807, 2.05) is 17.0 Å². The first kappa shape index (κ1) is 22.1. The first-order valence-electron chi connectivity index (χ1n) is 9.76. The van der Waals surface area contributed by atoms with E-state index in [1.165, 1.54) is 16.6 Å². The molecule has 12 heteroatoms. The fourth-order valence-corrected chi connectivity index (χ4v) is 7.36. The molecule has 0 bridgehead atoms. The van der Waals surface area contributed by atoms with Gasteiger partial charge in [0.05, 0.1) is 21.6 Å². The second kappa shape index (κ2) is 9.56. The van der Waals surface area contributed by atoms with Crippen LogP contribution in [-0.2, 0) is 27.6 Å². The Labute approximate surface area is 188 Å². The molecule has 1 amide bonds. The molecule has 2 saturated heterocycles. The highest BCUT2D eigenvalue weighted by Crippen LogP contribution is 2.25. The molecule has 2 aliphatic rings. The van der Waals surface area contributed by atoms with Crippen molar-refractivity contribution in [3.05, 3.63) is 27.2 Å². The normalized spacial score (nSPS) is 21.9. The molecule has 2 aromatic heterocycles. The van der Waals surface area contributed by atoms with Crippen LogP contribution in [0.3, 0.4) is 0 Å². The predicted molar refractivity (Wildman–Crippen MR) is 117 cm³/mol. The summed E-state index contributed by atoms with van der Waals surface area (Å²) in [4.78, 5) is 17.9. The average molecular weight is 491 g/mol. The molecular formula is C18H23ClN4O4S3. The van der Waals surface area contributed by atoms with Gasteiger partial charge in [0.15, 0.2) is 9.84 Å². The summed E-state index contributed by atoms with van der Waals surface area (Å²) < 4.78 is 29.5. The topological polar surface area (TPSA) is 96.6 Å². The fourth-order valence-electron chi connectivity index (χ4n) is 3.69. The molecule has 8 nitrogen and oxygen atoms in total. The zero-order valence-electron chi connectivity index (χ0n) is 16.3. The lowest BCUT2D eigenvalue weighted by molar-refractivity contribution is -0.130. The van der Waals surface area contributed by atoms with Crippen molar-refractivity contribution in [3.63, 3.8) is 0 Å². The van der Waals surface area contributed by atoms with Crippen LogP contribution in [0.1, 0.15) is 17.2 Å². The third-order valence-electron chi connectivity index (χ3n) is 5.29. The SMILES string of the molecule is O=C(CSc1nnc(CC2CCS(=O)(=O)C2)o1)N1CCN(Cc2ccc(Cl)s2)CC1. The Morgan fingerprint density at radius 3 is 2.73 bits per heavy atom. The fraction of sp³-hybridized carbons (Fsp3) is 0.611. The molecule has 4 heterocycles. The van der Waals surface area contributed by atoms with Crippen LogP contribution in [-0.4, -0.2) is 77.8 Å². The molecule has 1 unspecified atom stereocenters. The molecule has 0 radical (unpaired) electrons. The highest BCUT2D eigenvalue weighted by Gasteiger charge is 2.29. The number of halogens is 1. The Hall–Kier alpha value is -1.14. The van der Waals surface area contributed by atoms with Crippen LogP contribution >= 0.6 is 34.7 Å². The van der Waals surface area contributed by atoms with Gasteiger partial charge in [0, 0.05) is 44.0 Å². The van der Waals surface area contributed by atoms with Crippen LogP contribution in [0.5, 0.6) is 0 Å². The molecule has 2 fully saturated rings. The van der Waals surface area contributed by atoms with Crippen molar-refractivity contribution in [1.29, 1.82) is 0 Å². The van der Waals surface area contributed by atoms with Gasteiger partial charge in [0.25, 0.3) is 5.22 Å². The van der Waals surface area contributed by atoms with Crippen molar-refractivity contribution in [2.45, 2.75) is 24.6 Å². The molecule has 0 N–H and O–H groups in total. The summed E-state index contributed by atoms with van der Waals surface area (Å²) in [6.45, 7) is 3.93. The molecule has 164 valence electrons. The number of piperazine rings is 1. The first-order chi connectivity index (χ1) is 14.4. The Bertz CT molecular complexity index is 985. The van der Waals surface area contributed by atoms with Gasteiger partial charge in [-0.05, 0) is 24.5 Å². The zero-order valence-corrected chi connectivity index (χ0v) is 19.5. The van der Waals surface area contributed by atoms with Crippen molar-refractivity contribution < 1.29 is 17.6 Å². The molecule has 2 aromatic rings. The number of carbonyl (C=O) groups excluding carboxylic acids is 1. The smallest absolute Gasteiger partial charge is 0.277 e. The van der Waals surface area contributed by atoms with E-state index >= 15 is 0 Å². The third kappa shape index (κ3) is 5.97. The van der Waals surface area contributed by atoms with Gasteiger partial charge in [-0.1, -0.05) is 23.4 Å². The van der Waals surface area contributed by atoms with E-state index < -0.39 is 9.84 Å². The largest absolute Gasteiger partial charge is 0.416 e. The molecule has 1 atom stereocenters. The second-order valence-corrected chi connectivity index (χ2v) is 12.5. The molecule has 0 aromatic carbocycles. The van der Waals surface area contributed by atoms with Gasteiger partial charge in [-0.2, -0.15) is 0 Å². The highest BCUT2D eigenvalue weighted by atomic mass is 35.5. The number of thioether (sulfide) groups is 1. The second-order valence-electron chi connectivity index (χ2n) is 7.59. The quantitative estimate of drug-likeness (QED) is 0.545. The summed E-state index contributed by atoms with van der Waals surface area (Å²) in [5.74, 6) is 1.20. The Balaban J connectivity index is 1.18. The molecule has 4 rings (SSSR count). The average Bonchev–Trinajstić information content (AvgIpc) is 3.41. The maximum Gasteiger partial charge on any atom is 0.277 e. The van der Waals surface area contributed by atoms with Crippen LogP contribution in [0, 0.1) is 5.92 Å². The molecule has 0 aliphatic carbocycles. The van der Waals surface area contributed by atoms with Gasteiger partial charge >= 0.3 is 0 Å². The summed E-state index contributed by atoms with van der Waals surface area (Å²) in [6.07, 6.45) is 1.11. The Morgan fingerprint density at radius 1 is 1.27 bits per heavy atom. The van der Waals surface area contributed by atoms with Crippen LogP contribution < -0.4 is 0 Å². The van der Waals surface area contributed by atoms with Gasteiger partial charge in [-0.3, -0.25) is 9.69 Å². The maximum absolute atomic E-state index is 12.5. The minimum absolute atomic E-state index is 0.0384. The monoisotopic (exact) mass is 490 g/mol. The Morgan fingerprint density at radius 2 is 2.07 bits per heavy atom. The number of hydrogen-bond donors (Lipinski definition) is 0. The van der Waals surface area contributed by atoms with Crippen molar-refractivity contribution >= 4 is 50.4 Å². The summed E-state index contributed by atoms with van der Waals surface area (Å²) >= 11 is 8.81. The molecule has 0 spiro atoms. The molecule has 0 saturated carbocycles. The van der Waals surface area contributed by atoms with E-state index in [4.69, 9.17) is 16.0 Å². The zero-order chi connectivity index (χ0) is 21.1. The number of thiophene rings is 1. The van der Waals surface area contributed by atoms with Gasteiger partial charge in [0.2, 0.25) is 11.8 Å². The van der Waals surface area contributed by atoms with Gasteiger partial charge in [0.1, 0.15) is 0 Å². The number of sulfone groups is 1. The highest BCUT2D eigenvalue weighted by molar-refractivity contribution is 7.99. The van der Waals surface area contributed by atoms with E-state index in [1.54, 1.807) is 11.3 Å². The predicted octanol–water partition coefficient (Wildman–Crippen LogP) is 2.20. The van der Waals surface area contributed by atoms with E-state index in [9.17, 15) is 13.2 Å². The van der Waals surface area contributed by atoms with Crippen LogP contribution in [0.4, 0.5) is 0 Å². The van der Waals surface area contributed by atoms with Crippen LogP contribution in [0.2, 0.25) is 4.34 Å². The van der Waals surface area contributed by atoms with Gasteiger partial charge in [-0.25, -0.2) is 8.42 Å². The van der Waals surface area contributed by atoms with E-state index in [0.717, 1.165) is 24.0 Å². The summed E-state index contributed by atoms with van der Waals surface area (Å²) in [6, 6.07) is 3.96. The lowest BCUT2D eigenvalue weighted by atomic mass is 10.1. The number of aromatic nitrogens is 2. The summed E-state index contributed by atoms with van der Waals surface area (Å²) in [5.41, 5.74) is 0. The lowest BCUT2D eigenvalue weighted by Crippen LogP contribution is -2.48. The molecular weight excluding hydrogens is 468 g/mol. The number of rotatable bonds is 7. The van der Waals surface area contributed by atoms with Crippen molar-refractivity contribution in [2.75, 3.05) is 43.4 Å². The van der Waals surface area contributed by atoms with Gasteiger partial charge in [-0.15, -0.1) is 21.5 Å². The minimum atomic E-state index is -2.92. The van der Waals surface area contributed by atoms with E-state index in [0.29, 0.717) is 37.0 Å². The Kier molecular flexibility index (Phi) is 7.03. The number of nitrogens with zero attached hydrogens (tertiary/aromatic N) is 4. The van der Waals surface area contributed by atoms with Gasteiger partial charge < -0.3 is 9.32 Å². The first-order valence-corrected chi connectivity index (χ1v) is 13.8. The minimum Gasteiger partial charge on any atom is -0.416 e. The lowest BCUT2D eigenvalue weighted by Gasteiger charge is -2.34. The summed E-state index contributed by atoms with van der Waals surface area (Å²) in [5, 5.41) is 8.33. The molecule has 2 aliphatic heterocycles. The standard InChI is InChI=1S/C18H23ClN4O4S3/c19-15-2-1-14(29-15)10-22-4-6-23(7-5-22)17(24)11-28-18-21-20-16(27-18)9-13-3-8-30(25,26)12-13/h1-2,13H,3-12H2. The van der Waals surface area contributed by atoms with Crippen molar-refractivity contribution in [1.82, 2.24) is 20.0 Å². The number of hydrogen-bond acceptors (Lipinski definition) is 9. The summed E-state index contributed by atoms with van der Waals surface area (Å²) in [7, 11) is -2.92. The molecule has 30 heavy (non-hydrogen) atoms. The van der Waals surface area contributed by atoms with E-state index in [-0.39, 0.29) is 29.1 Å². The maximum atomic E-state index is 12.5. The number of amides is 1. The van der Waals surface area contributed by atoms with E-state index in [2.05, 4.69) is 15.1 Å². The third-order valence-corrected chi connectivity index (χ3v) is 9.15. The van der Waals surface area contributed by atoms with Crippen molar-refractivity contribution in [2.24, 2.45) is 5.92 Å².